The highest BCUT2D eigenvalue weighted by Gasteiger charge is 2.14. The van der Waals surface area contributed by atoms with Crippen molar-refractivity contribution in [2.45, 2.75) is 40.0 Å². The molecule has 0 saturated carbocycles. The van der Waals surface area contributed by atoms with Crippen molar-refractivity contribution < 1.29 is 0 Å². The van der Waals surface area contributed by atoms with Crippen LogP contribution in [-0.2, 0) is 5.41 Å². The van der Waals surface area contributed by atoms with Crippen molar-refractivity contribution >= 4 is 23.6 Å². The normalized spacial score (nSPS) is 12.0. The minimum Gasteiger partial charge on any atom is -0.366 e. The largest absolute Gasteiger partial charge is 0.366 e. The Kier molecular flexibility index (Phi) is 5.71. The van der Waals surface area contributed by atoms with Gasteiger partial charge in [0.25, 0.3) is 0 Å². The van der Waals surface area contributed by atoms with E-state index >= 15 is 0 Å². The van der Waals surface area contributed by atoms with Crippen LogP contribution in [0.4, 0.5) is 5.69 Å². The SMILES string of the molecule is CCN(C)C=Nc1cc(C)c(-c2ccc(C(C)(C)C)cc2)cc1Cl. The molecule has 0 aliphatic heterocycles. The van der Waals surface area contributed by atoms with E-state index in [-0.39, 0.29) is 5.41 Å². The fourth-order valence-electron chi connectivity index (χ4n) is 2.47. The molecule has 0 aromatic heterocycles. The topological polar surface area (TPSA) is 15.6 Å². The van der Waals surface area contributed by atoms with E-state index in [9.17, 15) is 0 Å². The maximum absolute atomic E-state index is 6.45. The molecule has 0 aliphatic rings. The molecular formula is C21H27ClN2. The van der Waals surface area contributed by atoms with Gasteiger partial charge in [0, 0.05) is 13.6 Å². The molecule has 0 aliphatic carbocycles. The first-order valence-electron chi connectivity index (χ1n) is 8.38. The average molecular weight is 343 g/mol. The zero-order chi connectivity index (χ0) is 17.9. The van der Waals surface area contributed by atoms with Crippen LogP contribution in [0.25, 0.3) is 11.1 Å². The Hall–Kier alpha value is -1.80. The molecule has 2 nitrogen and oxygen atoms in total. The van der Waals surface area contributed by atoms with Gasteiger partial charge in [-0.15, -0.1) is 0 Å². The summed E-state index contributed by atoms with van der Waals surface area (Å²) < 4.78 is 0. The Morgan fingerprint density at radius 3 is 2.29 bits per heavy atom. The van der Waals surface area contributed by atoms with Crippen molar-refractivity contribution in [2.75, 3.05) is 13.6 Å². The number of rotatable bonds is 4. The first-order chi connectivity index (χ1) is 11.2. The molecule has 0 heterocycles. The van der Waals surface area contributed by atoms with E-state index in [2.05, 4.69) is 69.9 Å². The Morgan fingerprint density at radius 2 is 1.75 bits per heavy atom. The lowest BCUT2D eigenvalue weighted by Crippen LogP contribution is -2.14. The van der Waals surface area contributed by atoms with Crippen molar-refractivity contribution in [2.24, 2.45) is 4.99 Å². The van der Waals surface area contributed by atoms with Crippen LogP contribution in [0.2, 0.25) is 5.02 Å². The van der Waals surface area contributed by atoms with Gasteiger partial charge in [-0.05, 0) is 53.6 Å². The van der Waals surface area contributed by atoms with Crippen molar-refractivity contribution in [1.82, 2.24) is 4.90 Å². The maximum atomic E-state index is 6.45. The average Bonchev–Trinajstić information content (AvgIpc) is 2.54. The Labute approximate surface area is 151 Å². The number of hydrogen-bond acceptors (Lipinski definition) is 1. The number of benzene rings is 2. The highest BCUT2D eigenvalue weighted by molar-refractivity contribution is 6.33. The van der Waals surface area contributed by atoms with Crippen LogP contribution < -0.4 is 0 Å². The summed E-state index contributed by atoms with van der Waals surface area (Å²) in [5.74, 6) is 0. The van der Waals surface area contributed by atoms with E-state index in [1.165, 1.54) is 16.7 Å². The van der Waals surface area contributed by atoms with Gasteiger partial charge in [0.05, 0.1) is 17.0 Å². The lowest BCUT2D eigenvalue weighted by atomic mass is 9.86. The Balaban J connectivity index is 2.35. The summed E-state index contributed by atoms with van der Waals surface area (Å²) >= 11 is 6.45. The maximum Gasteiger partial charge on any atom is 0.0910 e. The molecule has 0 spiro atoms. The molecule has 3 heteroatoms. The second-order valence-corrected chi connectivity index (χ2v) is 7.67. The minimum atomic E-state index is 0.162. The number of nitrogens with zero attached hydrogens (tertiary/aromatic N) is 2. The van der Waals surface area contributed by atoms with Crippen LogP contribution in [0.1, 0.15) is 38.8 Å². The lowest BCUT2D eigenvalue weighted by molar-refractivity contribution is 0.552. The third kappa shape index (κ3) is 4.39. The summed E-state index contributed by atoms with van der Waals surface area (Å²) in [4.78, 5) is 6.51. The van der Waals surface area contributed by atoms with Crippen molar-refractivity contribution in [3.8, 4) is 11.1 Å². The van der Waals surface area contributed by atoms with Crippen molar-refractivity contribution in [3.05, 3.63) is 52.5 Å². The highest BCUT2D eigenvalue weighted by atomic mass is 35.5. The molecule has 0 fully saturated rings. The molecule has 128 valence electrons. The van der Waals surface area contributed by atoms with Gasteiger partial charge in [0.15, 0.2) is 0 Å². The molecule has 0 bridgehead atoms. The van der Waals surface area contributed by atoms with Crippen LogP contribution in [0.3, 0.4) is 0 Å². The van der Waals surface area contributed by atoms with Crippen molar-refractivity contribution in [3.63, 3.8) is 0 Å². The van der Waals surface area contributed by atoms with Gasteiger partial charge in [-0.1, -0.05) is 56.6 Å². The predicted octanol–water partition coefficient (Wildman–Crippen LogP) is 6.22. The summed E-state index contributed by atoms with van der Waals surface area (Å²) in [6.45, 7) is 11.8. The predicted molar refractivity (Wildman–Crippen MR) is 107 cm³/mol. The summed E-state index contributed by atoms with van der Waals surface area (Å²) in [6.07, 6.45) is 1.82. The van der Waals surface area contributed by atoms with E-state index in [1.807, 2.05) is 24.4 Å². The third-order valence-corrected chi connectivity index (χ3v) is 4.55. The Bertz CT molecular complexity index is 725. The summed E-state index contributed by atoms with van der Waals surface area (Å²) in [6, 6.07) is 12.8. The summed E-state index contributed by atoms with van der Waals surface area (Å²) in [5, 5.41) is 0.677. The fourth-order valence-corrected chi connectivity index (χ4v) is 2.68. The molecule has 2 rings (SSSR count). The molecule has 2 aromatic carbocycles. The van der Waals surface area contributed by atoms with E-state index in [1.54, 1.807) is 0 Å². The zero-order valence-corrected chi connectivity index (χ0v) is 16.3. The second kappa shape index (κ2) is 7.40. The van der Waals surface area contributed by atoms with Crippen LogP contribution in [0.15, 0.2) is 41.4 Å². The molecule has 0 saturated heterocycles. The van der Waals surface area contributed by atoms with E-state index in [0.29, 0.717) is 5.02 Å². The minimum absolute atomic E-state index is 0.162. The molecule has 0 unspecified atom stereocenters. The van der Waals surface area contributed by atoms with Gasteiger partial charge in [-0.25, -0.2) is 4.99 Å². The summed E-state index contributed by atoms with van der Waals surface area (Å²) in [5.41, 5.74) is 5.82. The first-order valence-corrected chi connectivity index (χ1v) is 8.75. The molecule has 0 radical (unpaired) electrons. The quantitative estimate of drug-likeness (QED) is 0.475. The molecule has 24 heavy (non-hydrogen) atoms. The Morgan fingerprint density at radius 1 is 1.12 bits per heavy atom. The first kappa shape index (κ1) is 18.5. The van der Waals surface area contributed by atoms with Crippen LogP contribution in [0.5, 0.6) is 0 Å². The van der Waals surface area contributed by atoms with Gasteiger partial charge in [0.2, 0.25) is 0 Å². The van der Waals surface area contributed by atoms with Gasteiger partial charge in [-0.3, -0.25) is 0 Å². The lowest BCUT2D eigenvalue weighted by Gasteiger charge is -2.19. The molecule has 2 aromatic rings. The van der Waals surface area contributed by atoms with E-state index in [4.69, 9.17) is 11.6 Å². The smallest absolute Gasteiger partial charge is 0.0910 e. The zero-order valence-electron chi connectivity index (χ0n) is 15.5. The highest BCUT2D eigenvalue weighted by Crippen LogP contribution is 2.34. The van der Waals surface area contributed by atoms with Gasteiger partial charge in [-0.2, -0.15) is 0 Å². The monoisotopic (exact) mass is 342 g/mol. The van der Waals surface area contributed by atoms with Gasteiger partial charge >= 0.3 is 0 Å². The van der Waals surface area contributed by atoms with Crippen molar-refractivity contribution in [1.29, 1.82) is 0 Å². The number of aryl methyl sites for hydroxylation is 1. The summed E-state index contributed by atoms with van der Waals surface area (Å²) in [7, 11) is 2.00. The van der Waals surface area contributed by atoms with Gasteiger partial charge in [0.1, 0.15) is 0 Å². The fraction of sp³-hybridized carbons (Fsp3) is 0.381. The standard InChI is InChI=1S/C21H27ClN2/c1-7-24(6)14-23-20-12-15(2)18(13-19(20)22)16-8-10-17(11-9-16)21(3,4)5/h8-14H,7H2,1-6H3. The molecule has 0 amide bonds. The second-order valence-electron chi connectivity index (χ2n) is 7.26. The van der Waals surface area contributed by atoms with E-state index < -0.39 is 0 Å². The molecular weight excluding hydrogens is 316 g/mol. The van der Waals surface area contributed by atoms with Crippen LogP contribution in [-0.4, -0.2) is 24.8 Å². The van der Waals surface area contributed by atoms with Crippen LogP contribution >= 0.6 is 11.6 Å². The van der Waals surface area contributed by atoms with E-state index in [0.717, 1.165) is 17.8 Å². The number of halogens is 1. The van der Waals surface area contributed by atoms with Crippen LogP contribution in [0, 0.1) is 6.92 Å². The van der Waals surface area contributed by atoms with Gasteiger partial charge < -0.3 is 4.90 Å². The molecule has 0 N–H and O–H groups in total. The molecule has 0 atom stereocenters. The number of aliphatic imine (C=N–C) groups is 1. The number of hydrogen-bond donors (Lipinski definition) is 0. The third-order valence-electron chi connectivity index (χ3n) is 4.25.